The van der Waals surface area contributed by atoms with Crippen molar-refractivity contribution in [3.63, 3.8) is 0 Å². The van der Waals surface area contributed by atoms with E-state index in [9.17, 15) is 43.5 Å². The van der Waals surface area contributed by atoms with Crippen molar-refractivity contribution >= 4 is 33.6 Å². The zero-order chi connectivity index (χ0) is 72.3. The van der Waals surface area contributed by atoms with Gasteiger partial charge in [-0.1, -0.05) is 305 Å². The average Bonchev–Trinajstić information content (AvgIpc) is 1.09. The molecule has 0 aliphatic rings. The highest BCUT2D eigenvalue weighted by molar-refractivity contribution is 7.47. The Hall–Kier alpha value is -3.27. The van der Waals surface area contributed by atoms with E-state index >= 15 is 0 Å². The third-order valence-electron chi connectivity index (χ3n) is 17.1. The van der Waals surface area contributed by atoms with Gasteiger partial charge in [-0.25, -0.2) is 9.13 Å². The molecule has 99 heavy (non-hydrogen) atoms. The number of esters is 3. The van der Waals surface area contributed by atoms with Crippen LogP contribution in [0.1, 0.15) is 355 Å². The van der Waals surface area contributed by atoms with Gasteiger partial charge in [0.25, 0.3) is 0 Å². The van der Waals surface area contributed by atoms with Gasteiger partial charge in [0.1, 0.15) is 25.4 Å². The van der Waals surface area contributed by atoms with Crippen molar-refractivity contribution in [1.82, 2.24) is 0 Å². The van der Waals surface area contributed by atoms with E-state index in [4.69, 9.17) is 32.3 Å². The van der Waals surface area contributed by atoms with Crippen LogP contribution in [0.3, 0.4) is 0 Å². The van der Waals surface area contributed by atoms with Crippen LogP contribution in [0.2, 0.25) is 0 Å². The van der Waals surface area contributed by atoms with E-state index in [1.54, 1.807) is 0 Å². The first-order valence-corrected chi connectivity index (χ1v) is 42.9. The van der Waals surface area contributed by atoms with Gasteiger partial charge >= 0.3 is 33.6 Å². The fraction of sp³-hybridized carbons (Fsp3) is 0.790. The molecule has 0 spiro atoms. The number of hydrogen-bond donors (Lipinski definition) is 4. The SMILES string of the molecule is CC/C=C\C/C=C\C/C=C\C/C=C\C/C=C\CCCCCCCCCCCCCCCCCCCCCC(=O)OCC(O)COP(=O)(O)OCC(O)COP(=O)(O)OCC(COC(=O)CCCCCCC/C=C\CCCCCCCC)OC(=O)CCCCCCC/C=C\CCCCCC. The van der Waals surface area contributed by atoms with Crippen molar-refractivity contribution in [2.75, 3.05) is 39.6 Å². The van der Waals surface area contributed by atoms with Crippen molar-refractivity contribution in [3.8, 4) is 0 Å². The number of phosphoric acid groups is 2. The van der Waals surface area contributed by atoms with Gasteiger partial charge in [0.05, 0.1) is 26.4 Å². The summed E-state index contributed by atoms with van der Waals surface area (Å²) in [6.07, 6.45) is 83.8. The Labute approximate surface area is 604 Å². The molecule has 0 heterocycles. The van der Waals surface area contributed by atoms with Crippen molar-refractivity contribution < 1.29 is 75.8 Å². The van der Waals surface area contributed by atoms with Crippen LogP contribution in [0.15, 0.2) is 85.1 Å². The number of unbranched alkanes of at least 4 members (excludes halogenated alkanes) is 39. The Morgan fingerprint density at radius 1 is 0.293 bits per heavy atom. The fourth-order valence-corrected chi connectivity index (χ4v) is 12.6. The normalized spacial score (nSPS) is 14.5. The zero-order valence-electron chi connectivity index (χ0n) is 62.9. The summed E-state index contributed by atoms with van der Waals surface area (Å²) in [5.74, 6) is -1.58. The van der Waals surface area contributed by atoms with Crippen LogP contribution in [-0.2, 0) is 55.8 Å². The van der Waals surface area contributed by atoms with Gasteiger partial charge < -0.3 is 34.2 Å². The van der Waals surface area contributed by atoms with E-state index < -0.39 is 91.5 Å². The van der Waals surface area contributed by atoms with Crippen LogP contribution < -0.4 is 0 Å². The molecular formula is C81H146O16P2. The molecule has 18 heteroatoms. The first-order chi connectivity index (χ1) is 48.2. The summed E-state index contributed by atoms with van der Waals surface area (Å²) in [6, 6.07) is 0. The third kappa shape index (κ3) is 75.7. The highest BCUT2D eigenvalue weighted by atomic mass is 31.2. The number of phosphoric ester groups is 2. The molecule has 0 aromatic rings. The maximum absolute atomic E-state index is 12.9. The van der Waals surface area contributed by atoms with E-state index in [0.717, 1.165) is 128 Å². The molecule has 0 fully saturated rings. The summed E-state index contributed by atoms with van der Waals surface area (Å²) in [4.78, 5) is 58.5. The van der Waals surface area contributed by atoms with Crippen LogP contribution >= 0.6 is 15.6 Å². The largest absolute Gasteiger partial charge is 0.472 e. The smallest absolute Gasteiger partial charge is 0.463 e. The van der Waals surface area contributed by atoms with Crippen LogP contribution in [0.25, 0.3) is 0 Å². The summed E-state index contributed by atoms with van der Waals surface area (Å²) in [5.41, 5.74) is 0. The van der Waals surface area contributed by atoms with Crippen molar-refractivity contribution in [1.29, 1.82) is 0 Å². The minimum Gasteiger partial charge on any atom is -0.463 e. The minimum atomic E-state index is -4.92. The van der Waals surface area contributed by atoms with Gasteiger partial charge in [-0.3, -0.25) is 32.5 Å². The number of rotatable bonds is 76. The Kier molecular flexibility index (Phi) is 72.0. The van der Waals surface area contributed by atoms with E-state index in [2.05, 4.69) is 106 Å². The quantitative estimate of drug-likeness (QED) is 0.0146. The first kappa shape index (κ1) is 95.7. The number of carbonyl (C=O) groups excluding carboxylic acids is 3. The monoisotopic (exact) mass is 1440 g/mol. The molecule has 5 atom stereocenters. The van der Waals surface area contributed by atoms with Crippen LogP contribution in [0.5, 0.6) is 0 Å². The predicted octanol–water partition coefficient (Wildman–Crippen LogP) is 23.2. The molecule has 0 amide bonds. The molecule has 0 bridgehead atoms. The van der Waals surface area contributed by atoms with Gasteiger partial charge in [-0.15, -0.1) is 0 Å². The second-order valence-electron chi connectivity index (χ2n) is 26.8. The molecule has 0 saturated heterocycles. The second-order valence-corrected chi connectivity index (χ2v) is 29.7. The Morgan fingerprint density at radius 2 is 0.535 bits per heavy atom. The average molecular weight is 1440 g/mol. The van der Waals surface area contributed by atoms with Gasteiger partial charge in [-0.05, 0) is 116 Å². The summed E-state index contributed by atoms with van der Waals surface area (Å²) >= 11 is 0. The van der Waals surface area contributed by atoms with Crippen LogP contribution in [-0.4, -0.2) is 95.9 Å². The van der Waals surface area contributed by atoms with E-state index in [1.165, 1.54) is 167 Å². The van der Waals surface area contributed by atoms with Crippen LogP contribution in [0, 0.1) is 0 Å². The maximum Gasteiger partial charge on any atom is 0.472 e. The molecule has 0 aliphatic carbocycles. The number of carbonyl (C=O) groups is 3. The molecule has 0 radical (unpaired) electrons. The molecular weight excluding hydrogens is 1290 g/mol. The van der Waals surface area contributed by atoms with E-state index in [0.29, 0.717) is 19.3 Å². The summed E-state index contributed by atoms with van der Waals surface area (Å²) in [5, 5.41) is 20.6. The van der Waals surface area contributed by atoms with Crippen molar-refractivity contribution in [3.05, 3.63) is 85.1 Å². The molecule has 576 valence electrons. The lowest BCUT2D eigenvalue weighted by Gasteiger charge is -2.21. The molecule has 0 aromatic heterocycles. The molecule has 0 rings (SSSR count). The Balaban J connectivity index is 4.30. The van der Waals surface area contributed by atoms with Gasteiger partial charge in [0.15, 0.2) is 6.10 Å². The van der Waals surface area contributed by atoms with Crippen molar-refractivity contribution in [2.45, 2.75) is 373 Å². The Morgan fingerprint density at radius 3 is 0.869 bits per heavy atom. The summed E-state index contributed by atoms with van der Waals surface area (Å²) in [6.45, 7) is 2.56. The molecule has 4 N–H and O–H groups in total. The van der Waals surface area contributed by atoms with Gasteiger partial charge in [0, 0.05) is 19.3 Å². The topological polar surface area (TPSA) is 231 Å². The lowest BCUT2D eigenvalue weighted by atomic mass is 10.0. The number of ether oxygens (including phenoxy) is 3. The van der Waals surface area contributed by atoms with E-state index in [-0.39, 0.29) is 19.3 Å². The number of aliphatic hydroxyl groups excluding tert-OH is 2. The van der Waals surface area contributed by atoms with Gasteiger partial charge in [-0.2, -0.15) is 0 Å². The van der Waals surface area contributed by atoms with Crippen LogP contribution in [0.4, 0.5) is 0 Å². The maximum atomic E-state index is 12.9. The predicted molar refractivity (Wildman–Crippen MR) is 408 cm³/mol. The molecule has 0 saturated carbocycles. The number of allylic oxidation sites excluding steroid dienone is 14. The lowest BCUT2D eigenvalue weighted by molar-refractivity contribution is -0.161. The highest BCUT2D eigenvalue weighted by Crippen LogP contribution is 2.45. The first-order valence-electron chi connectivity index (χ1n) is 39.9. The lowest BCUT2D eigenvalue weighted by Crippen LogP contribution is -2.30. The molecule has 0 aliphatic heterocycles. The van der Waals surface area contributed by atoms with Gasteiger partial charge in [0.2, 0.25) is 0 Å². The molecule has 5 unspecified atom stereocenters. The summed E-state index contributed by atoms with van der Waals surface area (Å²) < 4.78 is 61.0. The molecule has 0 aromatic carbocycles. The standard InChI is InChI=1S/C81H146O16P2/c1-4-7-10-13-16-19-22-25-27-28-29-30-31-32-33-34-35-36-37-38-39-40-41-42-43-44-45-46-48-51-52-55-58-61-64-67-79(84)91-70-76(82)71-93-98(87,88)94-72-77(83)73-95-99(89,90)96-75-78(97-81(86)69-66-63-60-57-54-49-24-21-18-15-12-9-6-3)74-92-80(85)68-65-62-59-56-53-50-47-26-23-20-17-14-11-8-5-2/h7,10,16,19,21,24-27,29-30,32-33,47,76-78,82-83H,4-6,8-9,11-15,17-18,20,22-23,28,31,34-46,48-75H2,1-3H3,(H,87,88)(H,89,90)/b10-7-,19-16-,24-21-,27-25-,30-29-,33-32-,47-26-. The van der Waals surface area contributed by atoms with E-state index in [1.807, 2.05) is 0 Å². The second kappa shape index (κ2) is 74.4. The minimum absolute atomic E-state index is 0.0961. The highest BCUT2D eigenvalue weighted by Gasteiger charge is 2.29. The van der Waals surface area contributed by atoms with Crippen molar-refractivity contribution in [2.24, 2.45) is 0 Å². The number of hydrogen-bond acceptors (Lipinski definition) is 14. The molecule has 16 nitrogen and oxygen atoms in total. The Bertz CT molecular complexity index is 2140. The third-order valence-corrected chi connectivity index (χ3v) is 19.0. The zero-order valence-corrected chi connectivity index (χ0v) is 64.7. The number of aliphatic hydroxyl groups is 2. The summed E-state index contributed by atoms with van der Waals surface area (Å²) in [7, 11) is -9.77. The fourth-order valence-electron chi connectivity index (χ4n) is 11.0.